The van der Waals surface area contributed by atoms with E-state index >= 15 is 0 Å². The van der Waals surface area contributed by atoms with Gasteiger partial charge in [-0.25, -0.2) is 0 Å². The number of nitrogens with zero attached hydrogens (tertiary/aromatic N) is 1. The van der Waals surface area contributed by atoms with Gasteiger partial charge in [-0.3, -0.25) is 4.79 Å². The highest BCUT2D eigenvalue weighted by atomic mass is 32.1. The summed E-state index contributed by atoms with van der Waals surface area (Å²) < 4.78 is 9.95. The quantitative estimate of drug-likeness (QED) is 0.558. The van der Waals surface area contributed by atoms with Gasteiger partial charge in [-0.1, -0.05) is 36.4 Å². The first kappa shape index (κ1) is 19.6. The second-order valence-electron chi connectivity index (χ2n) is 7.22. The lowest BCUT2D eigenvalue weighted by Crippen LogP contribution is -2.28. The molecule has 0 amide bonds. The monoisotopic (exact) mass is 407 g/mol. The van der Waals surface area contributed by atoms with Crippen LogP contribution in [0.3, 0.4) is 0 Å². The Morgan fingerprint density at radius 1 is 1.17 bits per heavy atom. The second-order valence-corrected chi connectivity index (χ2v) is 7.85. The topological polar surface area (TPSA) is 63.2 Å². The molecular weight excluding hydrogens is 382 g/mol. The van der Waals surface area contributed by atoms with Gasteiger partial charge in [0.05, 0.1) is 18.4 Å². The van der Waals surface area contributed by atoms with E-state index < -0.39 is 6.04 Å². The first-order valence-corrected chi connectivity index (χ1v) is 10.7. The van der Waals surface area contributed by atoms with Crippen molar-refractivity contribution in [1.82, 2.24) is 9.69 Å². The highest BCUT2D eigenvalue weighted by Crippen LogP contribution is 2.32. The second kappa shape index (κ2) is 9.20. The van der Waals surface area contributed by atoms with Crippen LogP contribution in [0.15, 0.2) is 60.0 Å². The number of anilines is 1. The molecule has 0 aliphatic carbocycles. The summed E-state index contributed by atoms with van der Waals surface area (Å²) in [6.07, 6.45) is 2.03. The Kier molecular flexibility index (Phi) is 6.22. The van der Waals surface area contributed by atoms with Gasteiger partial charge in [-0.05, 0) is 55.2 Å². The number of ketones is 1. The highest BCUT2D eigenvalue weighted by Gasteiger charge is 2.29. The van der Waals surface area contributed by atoms with Crippen LogP contribution in [0.2, 0.25) is 0 Å². The predicted molar refractivity (Wildman–Crippen MR) is 117 cm³/mol. The van der Waals surface area contributed by atoms with Gasteiger partial charge < -0.3 is 15.4 Å². The molecule has 1 saturated heterocycles. The van der Waals surface area contributed by atoms with Crippen LogP contribution in [0.4, 0.5) is 5.69 Å². The number of ether oxygens (including phenoxy) is 1. The normalized spacial score (nSPS) is 15.6. The summed E-state index contributed by atoms with van der Waals surface area (Å²) in [5.74, 6) is 1.15. The van der Waals surface area contributed by atoms with Crippen LogP contribution in [0.5, 0.6) is 5.75 Å². The summed E-state index contributed by atoms with van der Waals surface area (Å²) in [7, 11) is 1.64. The molecule has 1 aliphatic rings. The number of Topliss-reactive ketones (excluding diaryl/α,β-unsaturated/α-hetero) is 1. The Morgan fingerprint density at radius 2 is 1.97 bits per heavy atom. The standard InChI is InChI=1S/C23H25N3O2S/c1-28-19-9-5-8-18(14-19)25-22(16-6-3-2-4-7-16)23(27)20-15-29-26-21(20)17-10-12-24-13-11-17/h2-9,14-15,17,22,24-25H,10-13H2,1H3. The maximum atomic E-state index is 13.7. The van der Waals surface area contributed by atoms with Crippen molar-refractivity contribution in [3.63, 3.8) is 0 Å². The van der Waals surface area contributed by atoms with Gasteiger partial charge in [0.15, 0.2) is 5.78 Å². The largest absolute Gasteiger partial charge is 0.497 e. The van der Waals surface area contributed by atoms with Gasteiger partial charge in [0, 0.05) is 23.1 Å². The fourth-order valence-corrected chi connectivity index (χ4v) is 4.56. The van der Waals surface area contributed by atoms with Crippen molar-refractivity contribution in [1.29, 1.82) is 0 Å². The lowest BCUT2D eigenvalue weighted by atomic mass is 9.89. The van der Waals surface area contributed by atoms with Crippen molar-refractivity contribution in [3.8, 4) is 5.75 Å². The Hall–Kier alpha value is -2.70. The summed E-state index contributed by atoms with van der Waals surface area (Å²) >= 11 is 1.37. The molecule has 1 aromatic heterocycles. The molecule has 0 radical (unpaired) electrons. The van der Waals surface area contributed by atoms with Gasteiger partial charge in [0.25, 0.3) is 0 Å². The van der Waals surface area contributed by atoms with E-state index in [2.05, 4.69) is 15.0 Å². The Labute approximate surface area is 175 Å². The minimum atomic E-state index is -0.486. The molecule has 5 nitrogen and oxygen atoms in total. The molecule has 0 saturated carbocycles. The van der Waals surface area contributed by atoms with E-state index in [0.29, 0.717) is 5.92 Å². The third-order valence-electron chi connectivity index (χ3n) is 5.36. The van der Waals surface area contributed by atoms with Crippen molar-refractivity contribution >= 4 is 23.0 Å². The molecule has 150 valence electrons. The van der Waals surface area contributed by atoms with E-state index in [1.165, 1.54) is 11.5 Å². The Morgan fingerprint density at radius 3 is 2.72 bits per heavy atom. The average molecular weight is 408 g/mol. The van der Waals surface area contributed by atoms with Gasteiger partial charge in [0.2, 0.25) is 0 Å². The molecule has 0 spiro atoms. The van der Waals surface area contributed by atoms with Crippen LogP contribution >= 0.6 is 11.5 Å². The summed E-state index contributed by atoms with van der Waals surface area (Å²) in [5.41, 5.74) is 3.47. The molecular formula is C23H25N3O2S. The smallest absolute Gasteiger partial charge is 0.192 e. The number of hydrogen-bond acceptors (Lipinski definition) is 6. The molecule has 2 N–H and O–H groups in total. The summed E-state index contributed by atoms with van der Waals surface area (Å²) in [6.45, 7) is 1.94. The molecule has 1 fully saturated rings. The van der Waals surface area contributed by atoms with Crippen molar-refractivity contribution in [2.75, 3.05) is 25.5 Å². The number of methoxy groups -OCH3 is 1. The lowest BCUT2D eigenvalue weighted by Gasteiger charge is -2.24. The summed E-state index contributed by atoms with van der Waals surface area (Å²) in [6, 6.07) is 17.0. The van der Waals surface area contributed by atoms with E-state index in [-0.39, 0.29) is 5.78 Å². The Bertz CT molecular complexity index is 952. The van der Waals surface area contributed by atoms with Gasteiger partial charge in [-0.15, -0.1) is 0 Å². The molecule has 1 unspecified atom stereocenters. The molecule has 6 heteroatoms. The molecule has 29 heavy (non-hydrogen) atoms. The molecule has 3 aromatic rings. The first-order chi connectivity index (χ1) is 14.3. The third-order valence-corrected chi connectivity index (χ3v) is 6.01. The van der Waals surface area contributed by atoms with Crippen LogP contribution in [0.25, 0.3) is 0 Å². The third kappa shape index (κ3) is 4.49. The van der Waals surface area contributed by atoms with Crippen molar-refractivity contribution in [2.45, 2.75) is 24.8 Å². The maximum absolute atomic E-state index is 13.7. The number of rotatable bonds is 7. The van der Waals surface area contributed by atoms with Crippen molar-refractivity contribution in [3.05, 3.63) is 76.8 Å². The van der Waals surface area contributed by atoms with Gasteiger partial charge >= 0.3 is 0 Å². The summed E-state index contributed by atoms with van der Waals surface area (Å²) in [5, 5.41) is 8.71. The Balaban J connectivity index is 1.66. The zero-order chi connectivity index (χ0) is 20.1. The van der Waals surface area contributed by atoms with E-state index in [1.54, 1.807) is 7.11 Å². The number of hydrogen-bond donors (Lipinski definition) is 2. The summed E-state index contributed by atoms with van der Waals surface area (Å²) in [4.78, 5) is 13.7. The minimum absolute atomic E-state index is 0.0568. The van der Waals surface area contributed by atoms with Crippen LogP contribution < -0.4 is 15.4 Å². The number of piperidine rings is 1. The zero-order valence-electron chi connectivity index (χ0n) is 16.4. The minimum Gasteiger partial charge on any atom is -0.497 e. The number of nitrogens with one attached hydrogen (secondary N) is 2. The molecule has 0 bridgehead atoms. The maximum Gasteiger partial charge on any atom is 0.192 e. The SMILES string of the molecule is COc1cccc(NC(C(=O)c2csnc2C2CCNCC2)c2ccccc2)c1. The van der Waals surface area contributed by atoms with E-state index in [1.807, 2.05) is 60.0 Å². The van der Waals surface area contributed by atoms with Crippen LogP contribution in [0, 0.1) is 0 Å². The average Bonchev–Trinajstić information content (AvgIpc) is 3.28. The van der Waals surface area contributed by atoms with Crippen LogP contribution in [-0.4, -0.2) is 30.4 Å². The van der Waals surface area contributed by atoms with E-state index in [4.69, 9.17) is 4.74 Å². The van der Waals surface area contributed by atoms with Crippen LogP contribution in [-0.2, 0) is 0 Å². The molecule has 1 atom stereocenters. The first-order valence-electron chi connectivity index (χ1n) is 9.91. The van der Waals surface area contributed by atoms with E-state index in [0.717, 1.165) is 54.2 Å². The fourth-order valence-electron chi connectivity index (χ4n) is 3.80. The fraction of sp³-hybridized carbons (Fsp3) is 0.304. The lowest BCUT2D eigenvalue weighted by molar-refractivity contribution is 0.0968. The van der Waals surface area contributed by atoms with Gasteiger partial charge in [-0.2, -0.15) is 4.37 Å². The van der Waals surface area contributed by atoms with Crippen molar-refractivity contribution < 1.29 is 9.53 Å². The zero-order valence-corrected chi connectivity index (χ0v) is 17.2. The molecule has 4 rings (SSSR count). The number of carbonyl (C=O) groups is 1. The van der Waals surface area contributed by atoms with Crippen molar-refractivity contribution in [2.24, 2.45) is 0 Å². The number of aromatic nitrogens is 1. The number of carbonyl (C=O) groups excluding carboxylic acids is 1. The number of benzene rings is 2. The molecule has 2 heterocycles. The van der Waals surface area contributed by atoms with Gasteiger partial charge in [0.1, 0.15) is 11.8 Å². The molecule has 1 aliphatic heterocycles. The molecule has 2 aromatic carbocycles. The highest BCUT2D eigenvalue weighted by molar-refractivity contribution is 7.04. The van der Waals surface area contributed by atoms with E-state index in [9.17, 15) is 4.79 Å². The predicted octanol–water partition coefficient (Wildman–Crippen LogP) is 4.65. The van der Waals surface area contributed by atoms with Crippen LogP contribution in [0.1, 0.15) is 46.4 Å².